The Morgan fingerprint density at radius 2 is 1.95 bits per heavy atom. The molecule has 6 nitrogen and oxygen atoms in total. The highest BCUT2D eigenvalue weighted by Gasteiger charge is 2.43. The van der Waals surface area contributed by atoms with E-state index >= 15 is 0 Å². The zero-order valence-electron chi connectivity index (χ0n) is 13.5. The number of nitrogens with zero attached hydrogens (tertiary/aromatic N) is 3. The minimum atomic E-state index is 0.276. The molecular weight excluding hydrogens is 280 g/mol. The largest absolute Gasteiger partial charge is 0.356 e. The van der Waals surface area contributed by atoms with Gasteiger partial charge in [-0.2, -0.15) is 0 Å². The fraction of sp³-hybridized carbons (Fsp3) is 0.875. The quantitative estimate of drug-likeness (QED) is 0.703. The molecular formula is C16H28N4O2. The van der Waals surface area contributed by atoms with Crippen LogP contribution < -0.4 is 5.32 Å². The fourth-order valence-corrected chi connectivity index (χ4v) is 4.25. The predicted octanol–water partition coefficient (Wildman–Crippen LogP) is -0.393. The van der Waals surface area contributed by atoms with E-state index in [9.17, 15) is 9.59 Å². The molecule has 3 rings (SSSR count). The topological polar surface area (TPSA) is 55.9 Å². The molecule has 1 aliphatic carbocycles. The van der Waals surface area contributed by atoms with Gasteiger partial charge in [-0.05, 0) is 25.8 Å². The third kappa shape index (κ3) is 3.43. The number of fused-ring (bicyclic) bond motifs is 1. The summed E-state index contributed by atoms with van der Waals surface area (Å²) in [6.45, 7) is 6.94. The van der Waals surface area contributed by atoms with E-state index in [-0.39, 0.29) is 11.9 Å². The van der Waals surface area contributed by atoms with Crippen molar-refractivity contribution in [1.29, 1.82) is 0 Å². The van der Waals surface area contributed by atoms with E-state index in [4.69, 9.17) is 0 Å². The smallest absolute Gasteiger partial charge is 0.223 e. The average Bonchev–Trinajstić information content (AvgIpc) is 3.09. The maximum absolute atomic E-state index is 12.4. The Morgan fingerprint density at radius 1 is 1.18 bits per heavy atom. The molecule has 2 saturated heterocycles. The van der Waals surface area contributed by atoms with Crippen LogP contribution in [-0.2, 0) is 9.59 Å². The van der Waals surface area contributed by atoms with Crippen molar-refractivity contribution in [3.8, 4) is 0 Å². The van der Waals surface area contributed by atoms with Crippen LogP contribution in [-0.4, -0.2) is 85.9 Å². The molecule has 1 saturated carbocycles. The number of nitrogens with one attached hydrogen (secondary N) is 1. The first-order valence-corrected chi connectivity index (χ1v) is 8.55. The molecule has 0 spiro atoms. The second-order valence-corrected chi connectivity index (χ2v) is 7.09. The van der Waals surface area contributed by atoms with Crippen molar-refractivity contribution in [1.82, 2.24) is 20.0 Å². The van der Waals surface area contributed by atoms with Gasteiger partial charge in [0.2, 0.25) is 12.3 Å². The van der Waals surface area contributed by atoms with Gasteiger partial charge in [-0.1, -0.05) is 0 Å². The molecule has 2 aliphatic heterocycles. The molecule has 0 aromatic carbocycles. The minimum absolute atomic E-state index is 0.276. The molecule has 2 heterocycles. The Bertz CT molecular complexity index is 409. The summed E-state index contributed by atoms with van der Waals surface area (Å²) in [5.74, 6) is 1.35. The number of likely N-dealkylation sites (tertiary alicyclic amines) is 1. The van der Waals surface area contributed by atoms with E-state index in [1.54, 1.807) is 0 Å². The van der Waals surface area contributed by atoms with Crippen molar-refractivity contribution in [3.05, 3.63) is 0 Å². The molecule has 3 unspecified atom stereocenters. The van der Waals surface area contributed by atoms with E-state index in [1.807, 2.05) is 4.90 Å². The van der Waals surface area contributed by atoms with Crippen molar-refractivity contribution in [3.63, 3.8) is 0 Å². The van der Waals surface area contributed by atoms with E-state index in [1.165, 1.54) is 0 Å². The highest BCUT2D eigenvalue weighted by Crippen LogP contribution is 2.38. The van der Waals surface area contributed by atoms with Gasteiger partial charge in [-0.15, -0.1) is 0 Å². The van der Waals surface area contributed by atoms with Crippen LogP contribution in [0.2, 0.25) is 0 Å². The first kappa shape index (κ1) is 15.7. The second kappa shape index (κ2) is 6.96. The lowest BCUT2D eigenvalue weighted by Gasteiger charge is -2.32. The molecule has 0 aromatic rings. The van der Waals surface area contributed by atoms with Gasteiger partial charge in [-0.3, -0.25) is 9.59 Å². The Balaban J connectivity index is 1.43. The number of hydrogen-bond donors (Lipinski definition) is 1. The number of likely N-dealkylation sites (N-methyl/N-ethyl adjacent to an activating group) is 1. The number of carbonyl (C=O) groups is 2. The molecule has 22 heavy (non-hydrogen) atoms. The summed E-state index contributed by atoms with van der Waals surface area (Å²) in [6, 6.07) is 0.276. The number of amides is 2. The summed E-state index contributed by atoms with van der Waals surface area (Å²) in [5, 5.41) is 2.93. The van der Waals surface area contributed by atoms with Gasteiger partial charge in [0, 0.05) is 64.2 Å². The molecule has 3 atom stereocenters. The molecule has 2 amide bonds. The van der Waals surface area contributed by atoms with Crippen LogP contribution in [0.25, 0.3) is 0 Å². The minimum Gasteiger partial charge on any atom is -0.356 e. The third-order valence-electron chi connectivity index (χ3n) is 5.73. The fourth-order valence-electron chi connectivity index (χ4n) is 4.25. The van der Waals surface area contributed by atoms with Crippen LogP contribution in [0.1, 0.15) is 19.3 Å². The molecule has 0 bridgehead atoms. The molecule has 0 aromatic heterocycles. The van der Waals surface area contributed by atoms with Gasteiger partial charge in [-0.25, -0.2) is 0 Å². The number of piperazine rings is 1. The van der Waals surface area contributed by atoms with Crippen molar-refractivity contribution >= 4 is 12.3 Å². The normalized spacial score (nSPS) is 33.0. The SMILES string of the molecule is CN1CCN(CCC(=O)N2CC3CCC(NC=O)C3C2)CC1. The lowest BCUT2D eigenvalue weighted by molar-refractivity contribution is -0.130. The van der Waals surface area contributed by atoms with Crippen LogP contribution in [0.15, 0.2) is 0 Å². The summed E-state index contributed by atoms with van der Waals surface area (Å²) in [7, 11) is 2.15. The number of hydrogen-bond acceptors (Lipinski definition) is 4. The van der Waals surface area contributed by atoms with Gasteiger partial charge in [0.05, 0.1) is 0 Å². The van der Waals surface area contributed by atoms with Gasteiger partial charge in [0.15, 0.2) is 0 Å². The van der Waals surface area contributed by atoms with Crippen LogP contribution in [0.5, 0.6) is 0 Å². The van der Waals surface area contributed by atoms with Gasteiger partial charge < -0.3 is 20.0 Å². The summed E-state index contributed by atoms with van der Waals surface area (Å²) in [6.07, 6.45) is 3.65. The standard InChI is InChI=1S/C16H28N4O2/c1-18-6-8-19(9-7-18)5-4-16(22)20-10-13-2-3-15(17-12-21)14(13)11-20/h12-15H,2-11H2,1H3,(H,17,21). The first-order valence-electron chi connectivity index (χ1n) is 8.55. The molecule has 6 heteroatoms. The second-order valence-electron chi connectivity index (χ2n) is 7.09. The lowest BCUT2D eigenvalue weighted by Crippen LogP contribution is -2.45. The van der Waals surface area contributed by atoms with Crippen LogP contribution >= 0.6 is 0 Å². The van der Waals surface area contributed by atoms with Gasteiger partial charge in [0.1, 0.15) is 0 Å². The molecule has 0 radical (unpaired) electrons. The highest BCUT2D eigenvalue weighted by atomic mass is 16.2. The van der Waals surface area contributed by atoms with E-state index in [0.717, 1.165) is 65.1 Å². The Labute approximate surface area is 132 Å². The maximum atomic E-state index is 12.4. The lowest BCUT2D eigenvalue weighted by atomic mass is 9.98. The van der Waals surface area contributed by atoms with Gasteiger partial charge >= 0.3 is 0 Å². The Hall–Kier alpha value is -1.14. The zero-order valence-corrected chi connectivity index (χ0v) is 13.5. The van der Waals surface area contributed by atoms with Crippen LogP contribution in [0, 0.1) is 11.8 Å². The summed E-state index contributed by atoms with van der Waals surface area (Å²) < 4.78 is 0. The molecule has 124 valence electrons. The highest BCUT2D eigenvalue weighted by molar-refractivity contribution is 5.76. The van der Waals surface area contributed by atoms with Gasteiger partial charge in [0.25, 0.3) is 0 Å². The predicted molar refractivity (Wildman–Crippen MR) is 84.3 cm³/mol. The monoisotopic (exact) mass is 308 g/mol. The van der Waals surface area contributed by atoms with E-state index < -0.39 is 0 Å². The summed E-state index contributed by atoms with van der Waals surface area (Å²) >= 11 is 0. The number of carbonyl (C=O) groups excluding carboxylic acids is 2. The molecule has 3 aliphatic rings. The maximum Gasteiger partial charge on any atom is 0.223 e. The average molecular weight is 308 g/mol. The van der Waals surface area contributed by atoms with Crippen molar-refractivity contribution in [2.45, 2.75) is 25.3 Å². The van der Waals surface area contributed by atoms with E-state index in [2.05, 4.69) is 22.2 Å². The molecule has 3 fully saturated rings. The van der Waals surface area contributed by atoms with Crippen LogP contribution in [0.3, 0.4) is 0 Å². The third-order valence-corrected chi connectivity index (χ3v) is 5.73. The summed E-state index contributed by atoms with van der Waals surface area (Å²) in [4.78, 5) is 29.9. The van der Waals surface area contributed by atoms with Crippen molar-refractivity contribution < 1.29 is 9.59 Å². The van der Waals surface area contributed by atoms with Crippen LogP contribution in [0.4, 0.5) is 0 Å². The molecule has 1 N–H and O–H groups in total. The number of rotatable bonds is 5. The summed E-state index contributed by atoms with van der Waals surface area (Å²) in [5.41, 5.74) is 0. The van der Waals surface area contributed by atoms with E-state index in [0.29, 0.717) is 18.3 Å². The Morgan fingerprint density at radius 3 is 2.68 bits per heavy atom. The first-order chi connectivity index (χ1) is 10.7. The Kier molecular flexibility index (Phi) is 4.98. The van der Waals surface area contributed by atoms with Crippen molar-refractivity contribution in [2.75, 3.05) is 52.9 Å². The zero-order chi connectivity index (χ0) is 15.5. The van der Waals surface area contributed by atoms with Crippen molar-refractivity contribution in [2.24, 2.45) is 11.8 Å².